The number of aromatic hydroxyl groups is 1. The molecule has 7 nitrogen and oxygen atoms in total. The zero-order valence-corrected chi connectivity index (χ0v) is 14.9. The van der Waals surface area contributed by atoms with Crippen molar-refractivity contribution >= 4 is 28.9 Å². The molecule has 2 N–H and O–H groups in total. The normalized spacial score (nSPS) is 16.4. The molecule has 1 aromatic heterocycles. The summed E-state index contributed by atoms with van der Waals surface area (Å²) in [5.74, 6) is -1.07. The Labute approximate surface area is 154 Å². The lowest BCUT2D eigenvalue weighted by atomic mass is 9.99. The Kier molecular flexibility index (Phi) is 5.22. The van der Waals surface area contributed by atoms with E-state index in [0.29, 0.717) is 17.7 Å². The molecule has 3 rings (SSSR count). The molecule has 1 atom stereocenters. The van der Waals surface area contributed by atoms with E-state index in [-0.39, 0.29) is 24.5 Å². The molecule has 0 aliphatic carbocycles. The van der Waals surface area contributed by atoms with Gasteiger partial charge in [-0.3, -0.25) is 9.59 Å². The molecule has 0 radical (unpaired) electrons. The van der Waals surface area contributed by atoms with Gasteiger partial charge in [0.05, 0.1) is 25.3 Å². The number of hydrogen-bond donors (Lipinski definition) is 2. The van der Waals surface area contributed by atoms with E-state index < -0.39 is 12.0 Å². The van der Waals surface area contributed by atoms with Crippen LogP contribution in [0.15, 0.2) is 40.1 Å². The second kappa shape index (κ2) is 7.57. The molecule has 1 amide bonds. The van der Waals surface area contributed by atoms with E-state index in [1.54, 1.807) is 18.2 Å². The van der Waals surface area contributed by atoms with Crippen LogP contribution in [0.5, 0.6) is 11.5 Å². The molecule has 2 aromatic rings. The number of phenols is 1. The fourth-order valence-electron chi connectivity index (χ4n) is 2.85. The lowest BCUT2D eigenvalue weighted by Crippen LogP contribution is -2.27. The van der Waals surface area contributed by atoms with Crippen LogP contribution in [0.2, 0.25) is 0 Å². The number of carboxylic acid groups (broad SMARTS) is 1. The van der Waals surface area contributed by atoms with E-state index in [0.717, 1.165) is 11.3 Å². The molecule has 8 heteroatoms. The number of benzene rings is 1. The van der Waals surface area contributed by atoms with Gasteiger partial charge in [-0.15, -0.1) is 0 Å². The average Bonchev–Trinajstić information content (AvgIpc) is 3.28. The Morgan fingerprint density at radius 3 is 2.77 bits per heavy atom. The zero-order valence-electron chi connectivity index (χ0n) is 14.1. The lowest BCUT2D eigenvalue weighted by molar-refractivity contribution is -0.141. The minimum atomic E-state index is -1.03. The summed E-state index contributed by atoms with van der Waals surface area (Å²) in [4.78, 5) is 23.3. The summed E-state index contributed by atoms with van der Waals surface area (Å²) >= 11 is 1.54. The van der Waals surface area contributed by atoms with Gasteiger partial charge in [-0.05, 0) is 34.5 Å². The Bertz CT molecular complexity index is 847. The number of ether oxygens (including phenoxy) is 1. The first-order valence-corrected chi connectivity index (χ1v) is 8.94. The van der Waals surface area contributed by atoms with E-state index >= 15 is 0 Å². The van der Waals surface area contributed by atoms with Crippen LogP contribution in [0.3, 0.4) is 0 Å². The quantitative estimate of drug-likeness (QED) is 0.810. The molecule has 136 valence electrons. The zero-order chi connectivity index (χ0) is 18.7. The highest BCUT2D eigenvalue weighted by Gasteiger charge is 2.33. The van der Waals surface area contributed by atoms with E-state index in [4.69, 9.17) is 9.84 Å². The average molecular weight is 374 g/mol. The Balaban J connectivity index is 1.90. The Hall–Kier alpha value is -2.87. The van der Waals surface area contributed by atoms with Gasteiger partial charge in [0.2, 0.25) is 5.91 Å². The van der Waals surface area contributed by atoms with Crippen molar-refractivity contribution in [2.75, 3.05) is 7.11 Å². The molecule has 0 saturated carbocycles. The Morgan fingerprint density at radius 1 is 1.35 bits per heavy atom. The van der Waals surface area contributed by atoms with Crippen LogP contribution in [-0.2, 0) is 9.59 Å². The fourth-order valence-corrected chi connectivity index (χ4v) is 3.51. The molecule has 2 heterocycles. The van der Waals surface area contributed by atoms with Gasteiger partial charge in [0, 0.05) is 18.4 Å². The molecule has 0 bridgehead atoms. The van der Waals surface area contributed by atoms with E-state index in [2.05, 4.69) is 5.10 Å². The van der Waals surface area contributed by atoms with Gasteiger partial charge in [-0.2, -0.15) is 16.4 Å². The summed E-state index contributed by atoms with van der Waals surface area (Å²) in [6.07, 6.45) is 0.106. The summed E-state index contributed by atoms with van der Waals surface area (Å²) < 4.78 is 5.06. The van der Waals surface area contributed by atoms with Crippen LogP contribution < -0.4 is 4.74 Å². The molecule has 0 spiro atoms. The van der Waals surface area contributed by atoms with Crippen molar-refractivity contribution in [3.05, 3.63) is 46.2 Å². The van der Waals surface area contributed by atoms with Crippen molar-refractivity contribution in [1.82, 2.24) is 5.01 Å². The molecule has 0 fully saturated rings. The molecule has 1 aliphatic heterocycles. The third-order valence-electron chi connectivity index (χ3n) is 4.16. The molecule has 1 aliphatic rings. The van der Waals surface area contributed by atoms with E-state index in [1.165, 1.54) is 23.5 Å². The number of methoxy groups -OCH3 is 1. The first kappa shape index (κ1) is 17.9. The lowest BCUT2D eigenvalue weighted by Gasteiger charge is -2.22. The second-order valence-electron chi connectivity index (χ2n) is 5.84. The highest BCUT2D eigenvalue weighted by atomic mass is 32.1. The minimum absolute atomic E-state index is 0.0214. The van der Waals surface area contributed by atoms with Crippen LogP contribution in [0, 0.1) is 0 Å². The van der Waals surface area contributed by atoms with Crippen LogP contribution in [-0.4, -0.2) is 39.9 Å². The smallest absolute Gasteiger partial charge is 0.303 e. The SMILES string of the molecule is COc1ccc(C2CC(c3ccsc3)=NN2C(=O)CCC(=O)O)cc1O. The van der Waals surface area contributed by atoms with Crippen molar-refractivity contribution in [1.29, 1.82) is 0 Å². The predicted octanol–water partition coefficient (Wildman–Crippen LogP) is 3.00. The minimum Gasteiger partial charge on any atom is -0.504 e. The number of carboxylic acids is 1. The molecular weight excluding hydrogens is 356 g/mol. The van der Waals surface area contributed by atoms with Crippen molar-refractivity contribution in [2.45, 2.75) is 25.3 Å². The van der Waals surface area contributed by atoms with Crippen molar-refractivity contribution in [3.63, 3.8) is 0 Å². The Morgan fingerprint density at radius 2 is 2.15 bits per heavy atom. The summed E-state index contributed by atoms with van der Waals surface area (Å²) in [5.41, 5.74) is 2.41. The number of nitrogens with zero attached hydrogens (tertiary/aromatic N) is 2. The van der Waals surface area contributed by atoms with Gasteiger partial charge >= 0.3 is 5.97 Å². The van der Waals surface area contributed by atoms with Crippen LogP contribution in [0.1, 0.15) is 36.4 Å². The van der Waals surface area contributed by atoms with E-state index in [1.807, 2.05) is 16.8 Å². The first-order valence-electron chi connectivity index (χ1n) is 8.00. The summed E-state index contributed by atoms with van der Waals surface area (Å²) in [5, 5.41) is 28.5. The van der Waals surface area contributed by atoms with Crippen molar-refractivity contribution in [3.8, 4) is 11.5 Å². The number of carbonyl (C=O) groups is 2. The highest BCUT2D eigenvalue weighted by molar-refractivity contribution is 7.08. The third kappa shape index (κ3) is 3.70. The summed E-state index contributed by atoms with van der Waals surface area (Å²) in [6, 6.07) is 6.48. The molecule has 1 unspecified atom stereocenters. The number of aliphatic carboxylic acids is 1. The van der Waals surface area contributed by atoms with Gasteiger partial charge in [0.15, 0.2) is 11.5 Å². The second-order valence-corrected chi connectivity index (χ2v) is 6.62. The number of thiophene rings is 1. The summed E-state index contributed by atoms with van der Waals surface area (Å²) in [6.45, 7) is 0. The highest BCUT2D eigenvalue weighted by Crippen LogP contribution is 2.37. The topological polar surface area (TPSA) is 99.4 Å². The molecule has 0 saturated heterocycles. The fraction of sp³-hybridized carbons (Fsp3) is 0.278. The predicted molar refractivity (Wildman–Crippen MR) is 96.6 cm³/mol. The number of rotatable bonds is 6. The maximum atomic E-state index is 12.5. The van der Waals surface area contributed by atoms with Gasteiger partial charge in [0.25, 0.3) is 0 Å². The van der Waals surface area contributed by atoms with Crippen LogP contribution >= 0.6 is 11.3 Å². The van der Waals surface area contributed by atoms with Crippen LogP contribution in [0.4, 0.5) is 0 Å². The van der Waals surface area contributed by atoms with Crippen LogP contribution in [0.25, 0.3) is 0 Å². The number of hydrogen-bond acceptors (Lipinski definition) is 6. The van der Waals surface area contributed by atoms with E-state index in [9.17, 15) is 14.7 Å². The standard InChI is InChI=1S/C18H18N2O5S/c1-25-16-3-2-11(8-15(16)21)14-9-13(12-6-7-26-10-12)19-20(14)17(22)4-5-18(23)24/h2-3,6-8,10,14,21H,4-5,9H2,1H3,(H,23,24). The van der Waals surface area contributed by atoms with Crippen molar-refractivity contribution in [2.24, 2.45) is 5.10 Å². The van der Waals surface area contributed by atoms with Crippen molar-refractivity contribution < 1.29 is 24.5 Å². The maximum absolute atomic E-state index is 12.5. The third-order valence-corrected chi connectivity index (χ3v) is 4.84. The number of carbonyl (C=O) groups excluding carboxylic acids is 1. The number of amides is 1. The molecular formula is C18H18N2O5S. The van der Waals surface area contributed by atoms with Gasteiger partial charge in [0.1, 0.15) is 0 Å². The van der Waals surface area contributed by atoms with Gasteiger partial charge < -0.3 is 14.9 Å². The largest absolute Gasteiger partial charge is 0.504 e. The summed E-state index contributed by atoms with van der Waals surface area (Å²) in [7, 11) is 1.46. The van der Waals surface area contributed by atoms with Gasteiger partial charge in [-0.25, -0.2) is 5.01 Å². The van der Waals surface area contributed by atoms with Gasteiger partial charge in [-0.1, -0.05) is 6.07 Å². The number of hydrazone groups is 1. The first-order chi connectivity index (χ1) is 12.5. The monoisotopic (exact) mass is 374 g/mol. The molecule has 1 aromatic carbocycles. The molecule has 26 heavy (non-hydrogen) atoms. The maximum Gasteiger partial charge on any atom is 0.303 e. The number of phenolic OH excluding ortho intramolecular Hbond substituents is 1.